The van der Waals surface area contributed by atoms with Gasteiger partial charge in [-0.3, -0.25) is 4.79 Å². The molecule has 0 aromatic carbocycles. The minimum absolute atomic E-state index is 0.151. The Bertz CT molecular complexity index is 497. The summed E-state index contributed by atoms with van der Waals surface area (Å²) in [5.74, 6) is -0.746. The van der Waals surface area contributed by atoms with Gasteiger partial charge in [-0.05, 0) is 44.9 Å². The van der Waals surface area contributed by atoms with Crippen LogP contribution in [0.4, 0.5) is 0 Å². The molecule has 0 spiro atoms. The quantitative estimate of drug-likeness (QED) is 0.322. The van der Waals surface area contributed by atoms with Crippen LogP contribution >= 0.6 is 0 Å². The van der Waals surface area contributed by atoms with E-state index in [0.717, 1.165) is 38.5 Å². The molecule has 1 saturated heterocycles. The highest BCUT2D eigenvalue weighted by Gasteiger charge is 2.37. The van der Waals surface area contributed by atoms with Crippen LogP contribution in [0.15, 0.2) is 60.8 Å². The predicted octanol–water partition coefficient (Wildman–Crippen LogP) is 5.76. The maximum atomic E-state index is 10.5. The van der Waals surface area contributed by atoms with Gasteiger partial charge in [0.1, 0.15) is 0 Å². The van der Waals surface area contributed by atoms with Gasteiger partial charge in [0.05, 0.1) is 12.2 Å². The van der Waals surface area contributed by atoms with Crippen molar-refractivity contribution in [3.8, 4) is 0 Å². The summed E-state index contributed by atoms with van der Waals surface area (Å²) in [4.78, 5) is 10.5. The number of ether oxygens (including phenoxy) is 1. The average molecular weight is 344 g/mol. The van der Waals surface area contributed by atoms with Gasteiger partial charge in [0, 0.05) is 6.42 Å². The van der Waals surface area contributed by atoms with Crippen molar-refractivity contribution in [3.63, 3.8) is 0 Å². The van der Waals surface area contributed by atoms with Crippen LogP contribution in [0.25, 0.3) is 0 Å². The van der Waals surface area contributed by atoms with Crippen LogP contribution in [-0.4, -0.2) is 23.3 Å². The summed E-state index contributed by atoms with van der Waals surface area (Å²) >= 11 is 0. The highest BCUT2D eigenvalue weighted by Crippen LogP contribution is 2.29. The average Bonchev–Trinajstić information content (AvgIpc) is 3.35. The number of carboxylic acid groups (broad SMARTS) is 1. The third kappa shape index (κ3) is 13.1. The van der Waals surface area contributed by atoms with Crippen LogP contribution in [0.3, 0.4) is 0 Å². The van der Waals surface area contributed by atoms with E-state index >= 15 is 0 Å². The zero-order valence-corrected chi connectivity index (χ0v) is 15.3. The van der Waals surface area contributed by atoms with E-state index in [1.807, 2.05) is 0 Å². The van der Waals surface area contributed by atoms with E-state index < -0.39 is 5.97 Å². The lowest BCUT2D eigenvalue weighted by Crippen LogP contribution is -1.99. The second-order valence-corrected chi connectivity index (χ2v) is 6.09. The van der Waals surface area contributed by atoms with Crippen molar-refractivity contribution in [1.29, 1.82) is 0 Å². The number of rotatable bonds is 14. The largest absolute Gasteiger partial charge is 0.481 e. The minimum Gasteiger partial charge on any atom is -0.481 e. The SMILES string of the molecule is CCC=CCC=CC/C=C\C/C=C\C/C=C\CC1OC1CCC(=O)O. The maximum Gasteiger partial charge on any atom is 0.303 e. The summed E-state index contributed by atoms with van der Waals surface area (Å²) in [6.45, 7) is 2.15. The van der Waals surface area contributed by atoms with Gasteiger partial charge in [-0.1, -0.05) is 67.7 Å². The molecule has 138 valence electrons. The number of carbonyl (C=O) groups is 1. The number of carboxylic acids is 1. The summed E-state index contributed by atoms with van der Waals surface area (Å²) in [5.41, 5.74) is 0. The molecule has 0 aliphatic carbocycles. The highest BCUT2D eigenvalue weighted by molar-refractivity contribution is 5.66. The van der Waals surface area contributed by atoms with Crippen LogP contribution < -0.4 is 0 Å². The molecule has 3 heteroatoms. The molecule has 0 aromatic heterocycles. The number of hydrogen-bond acceptors (Lipinski definition) is 2. The fourth-order valence-electron chi connectivity index (χ4n) is 2.39. The second kappa shape index (κ2) is 14.5. The number of allylic oxidation sites excluding steroid dienone is 9. The molecule has 0 saturated carbocycles. The monoisotopic (exact) mass is 344 g/mol. The highest BCUT2D eigenvalue weighted by atomic mass is 16.6. The van der Waals surface area contributed by atoms with Gasteiger partial charge in [0.25, 0.3) is 0 Å². The normalized spacial score (nSPS) is 20.8. The molecule has 0 aromatic rings. The Hall–Kier alpha value is -1.87. The van der Waals surface area contributed by atoms with Gasteiger partial charge in [-0.15, -0.1) is 0 Å². The Balaban J connectivity index is 1.94. The van der Waals surface area contributed by atoms with Gasteiger partial charge >= 0.3 is 5.97 Å². The van der Waals surface area contributed by atoms with Crippen molar-refractivity contribution in [2.24, 2.45) is 0 Å². The van der Waals surface area contributed by atoms with Crippen LogP contribution in [0.1, 0.15) is 58.3 Å². The third-order valence-corrected chi connectivity index (χ3v) is 3.86. The summed E-state index contributed by atoms with van der Waals surface area (Å²) < 4.78 is 5.44. The number of aliphatic carboxylic acids is 1. The zero-order chi connectivity index (χ0) is 18.2. The lowest BCUT2D eigenvalue weighted by Gasteiger charge is -1.89. The van der Waals surface area contributed by atoms with E-state index in [2.05, 4.69) is 67.7 Å². The van der Waals surface area contributed by atoms with Crippen LogP contribution in [0.2, 0.25) is 0 Å². The maximum absolute atomic E-state index is 10.5. The smallest absolute Gasteiger partial charge is 0.303 e. The van der Waals surface area contributed by atoms with Crippen molar-refractivity contribution in [2.75, 3.05) is 0 Å². The topological polar surface area (TPSA) is 49.8 Å². The standard InChI is InChI=1S/C22H32O3/c1-2-3-4-5-6-7-8-9-10-11-12-13-14-15-16-17-20-21(25-20)18-19-22(23)24/h3-4,6-7,9-10,12-13,15-16,20-21H,2,5,8,11,14,17-19H2,1H3,(H,23,24)/b4-3?,7-6?,10-9-,13-12-,16-15-. The van der Waals surface area contributed by atoms with Crippen molar-refractivity contribution < 1.29 is 14.6 Å². The lowest BCUT2D eigenvalue weighted by molar-refractivity contribution is -0.137. The van der Waals surface area contributed by atoms with Gasteiger partial charge in [-0.25, -0.2) is 0 Å². The van der Waals surface area contributed by atoms with Crippen LogP contribution in [-0.2, 0) is 9.53 Å². The van der Waals surface area contributed by atoms with Gasteiger partial charge < -0.3 is 9.84 Å². The molecule has 1 fully saturated rings. The fourth-order valence-corrected chi connectivity index (χ4v) is 2.39. The van der Waals surface area contributed by atoms with E-state index in [1.54, 1.807) is 0 Å². The van der Waals surface area contributed by atoms with Crippen LogP contribution in [0, 0.1) is 0 Å². The molecule has 2 unspecified atom stereocenters. The Morgan fingerprint density at radius 2 is 1.28 bits per heavy atom. The van der Waals surface area contributed by atoms with Crippen molar-refractivity contribution in [3.05, 3.63) is 60.8 Å². The summed E-state index contributed by atoms with van der Waals surface area (Å²) in [6.07, 6.45) is 28.9. The van der Waals surface area contributed by atoms with E-state index in [0.29, 0.717) is 6.42 Å². The first kappa shape index (κ1) is 21.2. The molecule has 0 radical (unpaired) electrons. The van der Waals surface area contributed by atoms with Crippen molar-refractivity contribution in [2.45, 2.75) is 70.5 Å². The molecule has 1 aliphatic rings. The molecule has 0 bridgehead atoms. The molecule has 3 nitrogen and oxygen atoms in total. The van der Waals surface area contributed by atoms with Gasteiger partial charge in [0.15, 0.2) is 0 Å². The van der Waals surface area contributed by atoms with Crippen molar-refractivity contribution in [1.82, 2.24) is 0 Å². The molecule has 1 heterocycles. The zero-order valence-electron chi connectivity index (χ0n) is 15.3. The molecule has 1 N–H and O–H groups in total. The van der Waals surface area contributed by atoms with Crippen molar-refractivity contribution >= 4 is 5.97 Å². The molecular weight excluding hydrogens is 312 g/mol. The molecule has 1 aliphatic heterocycles. The molecule has 1 rings (SSSR count). The first-order chi connectivity index (χ1) is 12.2. The Morgan fingerprint density at radius 1 is 0.800 bits per heavy atom. The second-order valence-electron chi connectivity index (χ2n) is 6.09. The summed E-state index contributed by atoms with van der Waals surface area (Å²) in [6, 6.07) is 0. The lowest BCUT2D eigenvalue weighted by atomic mass is 10.1. The fraction of sp³-hybridized carbons (Fsp3) is 0.500. The van der Waals surface area contributed by atoms with E-state index in [-0.39, 0.29) is 18.6 Å². The minimum atomic E-state index is -0.746. The molecule has 2 atom stereocenters. The summed E-state index contributed by atoms with van der Waals surface area (Å²) in [5, 5.41) is 8.61. The third-order valence-electron chi connectivity index (χ3n) is 3.86. The first-order valence-electron chi connectivity index (χ1n) is 9.36. The van der Waals surface area contributed by atoms with E-state index in [4.69, 9.17) is 9.84 Å². The number of hydrogen-bond donors (Lipinski definition) is 1. The van der Waals surface area contributed by atoms with E-state index in [9.17, 15) is 4.79 Å². The molecule has 0 amide bonds. The van der Waals surface area contributed by atoms with Gasteiger partial charge in [-0.2, -0.15) is 0 Å². The predicted molar refractivity (Wildman–Crippen MR) is 105 cm³/mol. The molecule has 25 heavy (non-hydrogen) atoms. The van der Waals surface area contributed by atoms with E-state index in [1.165, 1.54) is 0 Å². The Kier molecular flexibility index (Phi) is 12.3. The Morgan fingerprint density at radius 3 is 1.76 bits per heavy atom. The number of epoxide rings is 1. The summed E-state index contributed by atoms with van der Waals surface area (Å²) in [7, 11) is 0. The molecular formula is C22H32O3. The first-order valence-corrected chi connectivity index (χ1v) is 9.36. The Labute approximate surface area is 152 Å². The van der Waals surface area contributed by atoms with Crippen LogP contribution in [0.5, 0.6) is 0 Å². The van der Waals surface area contributed by atoms with Gasteiger partial charge in [0.2, 0.25) is 0 Å².